The van der Waals surface area contributed by atoms with Gasteiger partial charge in [0.25, 0.3) is 0 Å². The molecule has 0 aromatic heterocycles. The van der Waals surface area contributed by atoms with Crippen LogP contribution in [0.15, 0.2) is 413 Å². The number of hydrogen-bond donors (Lipinski definition) is 0. The van der Waals surface area contributed by atoms with Gasteiger partial charge in [-0.3, -0.25) is 0 Å². The largest absolute Gasteiger partial charge is 0.311 e. The summed E-state index contributed by atoms with van der Waals surface area (Å²) in [6, 6.07) is 147. The second kappa shape index (κ2) is 32.6. The standard InChI is InChI=1S/C102H76N2/c1-9-28-85(29-10-1)99(86-30-11-2-12-31-86)73-81-52-64-95(65-53-81)103(96-66-54-82(55-67-96)74-100(87-32-13-3-14-33-87)88-34-15-4-16-35-88)93-60-48-77(49-61-93)44-46-79-26-25-27-80(72-79)47-45-78-50-62-94(63-51-78)104(97-68-56-83(57-69-97)75-101(89-36-17-5-18-37-89)90-38-19-6-20-39-90)98-70-58-84(59-71-98)76-102(91-40-21-7-22-41-91)92-42-23-8-24-43-92/h1-76H/b46-44+,47-45+. The Kier molecular flexibility index (Phi) is 20.7. The average Bonchev–Trinajstić information content (AvgIpc) is 0.797. The van der Waals surface area contributed by atoms with Gasteiger partial charge < -0.3 is 9.80 Å². The van der Waals surface area contributed by atoms with Gasteiger partial charge in [-0.1, -0.05) is 358 Å². The van der Waals surface area contributed by atoms with Crippen molar-refractivity contribution in [2.75, 3.05) is 9.80 Å². The van der Waals surface area contributed by atoms with E-state index in [9.17, 15) is 0 Å². The quantitative estimate of drug-likeness (QED) is 0.0624. The van der Waals surface area contributed by atoms with E-state index in [4.69, 9.17) is 0 Å². The molecule has 0 saturated heterocycles. The minimum absolute atomic E-state index is 1.06. The first kappa shape index (κ1) is 66.2. The van der Waals surface area contributed by atoms with Crippen molar-refractivity contribution in [3.8, 4) is 0 Å². The van der Waals surface area contributed by atoms with E-state index in [-0.39, 0.29) is 0 Å². The van der Waals surface area contributed by atoms with Gasteiger partial charge in [-0.2, -0.15) is 0 Å². The molecule has 15 rings (SSSR count). The Morgan fingerprint density at radius 3 is 0.490 bits per heavy atom. The Balaban J connectivity index is 0.688. The molecule has 0 unspecified atom stereocenters. The molecule has 0 aliphatic heterocycles. The van der Waals surface area contributed by atoms with Crippen LogP contribution in [0.25, 0.3) is 70.9 Å². The zero-order chi connectivity index (χ0) is 69.9. The van der Waals surface area contributed by atoms with Gasteiger partial charge in [-0.15, -0.1) is 0 Å². The van der Waals surface area contributed by atoms with Gasteiger partial charge in [0.1, 0.15) is 0 Å². The fourth-order valence-electron chi connectivity index (χ4n) is 13.3. The summed E-state index contributed by atoms with van der Waals surface area (Å²) in [4.78, 5) is 4.69. The van der Waals surface area contributed by atoms with Gasteiger partial charge in [0.15, 0.2) is 0 Å². The molecule has 0 saturated carbocycles. The van der Waals surface area contributed by atoms with E-state index in [1.54, 1.807) is 0 Å². The van der Waals surface area contributed by atoms with E-state index in [0.29, 0.717) is 0 Å². The SMILES string of the molecule is C(=C(c1ccccc1)c1ccccc1)c1ccc(N(c2ccc(C=C(c3ccccc3)c3ccccc3)cc2)c2ccc(/C=C/c3cccc(/C=C/c4ccc(N(c5ccc(C=C(c6ccccc6)c6ccccc6)cc5)c5ccc(C=C(c6ccccc6)c6ccccc6)cc5)cc4)c3)cc2)cc1. The summed E-state index contributed by atoms with van der Waals surface area (Å²) >= 11 is 0. The molecule has 0 aliphatic carbocycles. The van der Waals surface area contributed by atoms with Crippen LogP contribution in [-0.4, -0.2) is 0 Å². The first-order valence-electron chi connectivity index (χ1n) is 35.5. The normalized spacial score (nSPS) is 11.0. The zero-order valence-corrected chi connectivity index (χ0v) is 57.8. The maximum Gasteiger partial charge on any atom is 0.0462 e. The molecule has 15 aromatic rings. The van der Waals surface area contributed by atoms with E-state index < -0.39 is 0 Å². The lowest BCUT2D eigenvalue weighted by molar-refractivity contribution is 1.28. The summed E-state index contributed by atoms with van der Waals surface area (Å²) < 4.78 is 0. The summed E-state index contributed by atoms with van der Waals surface area (Å²) in [5.74, 6) is 0. The summed E-state index contributed by atoms with van der Waals surface area (Å²) in [7, 11) is 0. The van der Waals surface area contributed by atoms with Crippen molar-refractivity contribution in [1.29, 1.82) is 0 Å². The first-order chi connectivity index (χ1) is 51.5. The van der Waals surface area contributed by atoms with Gasteiger partial charge in [0.05, 0.1) is 0 Å². The molecule has 0 spiro atoms. The fraction of sp³-hybridized carbons (Fsp3) is 0. The lowest BCUT2D eigenvalue weighted by Crippen LogP contribution is -2.09. The Hall–Kier alpha value is -13.7. The highest BCUT2D eigenvalue weighted by Crippen LogP contribution is 2.40. The van der Waals surface area contributed by atoms with Crippen molar-refractivity contribution in [3.05, 3.63) is 502 Å². The average molecular weight is 1330 g/mol. The monoisotopic (exact) mass is 1330 g/mol. The van der Waals surface area contributed by atoms with E-state index in [0.717, 1.165) is 78.6 Å². The predicted molar refractivity (Wildman–Crippen MR) is 446 cm³/mol. The fourth-order valence-corrected chi connectivity index (χ4v) is 13.3. The first-order valence-corrected chi connectivity index (χ1v) is 35.5. The number of nitrogens with zero attached hydrogens (tertiary/aromatic N) is 2. The highest BCUT2D eigenvalue weighted by atomic mass is 15.1. The molecule has 494 valence electrons. The molecule has 104 heavy (non-hydrogen) atoms. The van der Waals surface area contributed by atoms with Crippen LogP contribution >= 0.6 is 0 Å². The van der Waals surface area contributed by atoms with E-state index in [1.807, 2.05) is 0 Å². The lowest BCUT2D eigenvalue weighted by atomic mass is 9.95. The topological polar surface area (TPSA) is 6.48 Å². The van der Waals surface area contributed by atoms with Crippen LogP contribution in [0.1, 0.15) is 89.0 Å². The van der Waals surface area contributed by atoms with E-state index in [1.165, 1.54) is 66.8 Å². The predicted octanol–water partition coefficient (Wildman–Crippen LogP) is 27.3. The maximum absolute atomic E-state index is 2.34. The second-order valence-corrected chi connectivity index (χ2v) is 25.7. The van der Waals surface area contributed by atoms with Crippen molar-refractivity contribution >= 4 is 105 Å². The number of anilines is 6. The third-order valence-corrected chi connectivity index (χ3v) is 18.7. The van der Waals surface area contributed by atoms with Gasteiger partial charge in [-0.25, -0.2) is 0 Å². The molecule has 2 heteroatoms. The lowest BCUT2D eigenvalue weighted by Gasteiger charge is -2.26. The summed E-state index contributed by atoms with van der Waals surface area (Å²) in [5.41, 5.74) is 29.4. The molecular formula is C102H76N2. The molecule has 2 nitrogen and oxygen atoms in total. The Morgan fingerprint density at radius 1 is 0.144 bits per heavy atom. The minimum Gasteiger partial charge on any atom is -0.311 e. The van der Waals surface area contributed by atoms with Gasteiger partial charge >= 0.3 is 0 Å². The molecule has 0 bridgehead atoms. The molecule has 15 aromatic carbocycles. The van der Waals surface area contributed by atoms with E-state index in [2.05, 4.69) is 471 Å². The summed E-state index contributed by atoms with van der Waals surface area (Å²) in [6.07, 6.45) is 18.0. The van der Waals surface area contributed by atoms with Gasteiger partial charge in [-0.05, 0) is 214 Å². The highest BCUT2D eigenvalue weighted by Gasteiger charge is 2.17. The van der Waals surface area contributed by atoms with Crippen molar-refractivity contribution in [3.63, 3.8) is 0 Å². The van der Waals surface area contributed by atoms with Crippen LogP contribution in [0, 0.1) is 0 Å². The van der Waals surface area contributed by atoms with Gasteiger partial charge in [0.2, 0.25) is 0 Å². The molecule has 0 heterocycles. The Labute approximate surface area is 612 Å². The molecule has 0 fully saturated rings. The smallest absolute Gasteiger partial charge is 0.0462 e. The van der Waals surface area contributed by atoms with Crippen molar-refractivity contribution in [1.82, 2.24) is 0 Å². The highest BCUT2D eigenvalue weighted by molar-refractivity contribution is 5.96. The van der Waals surface area contributed by atoms with Crippen molar-refractivity contribution in [2.45, 2.75) is 0 Å². The maximum atomic E-state index is 2.34. The molecule has 0 radical (unpaired) electrons. The molecule has 0 aliphatic rings. The Bertz CT molecular complexity index is 4670. The second-order valence-electron chi connectivity index (χ2n) is 25.7. The van der Waals surface area contributed by atoms with Crippen LogP contribution in [0.4, 0.5) is 34.1 Å². The van der Waals surface area contributed by atoms with Crippen molar-refractivity contribution in [2.24, 2.45) is 0 Å². The number of rotatable bonds is 22. The zero-order valence-electron chi connectivity index (χ0n) is 57.8. The number of hydrogen-bond acceptors (Lipinski definition) is 2. The van der Waals surface area contributed by atoms with E-state index >= 15 is 0 Å². The molecular weight excluding hydrogens is 1250 g/mol. The Morgan fingerprint density at radius 2 is 0.308 bits per heavy atom. The summed E-state index contributed by atoms with van der Waals surface area (Å²) in [5, 5.41) is 0. The number of benzene rings is 15. The minimum atomic E-state index is 1.06. The van der Waals surface area contributed by atoms with Crippen LogP contribution in [0.3, 0.4) is 0 Å². The van der Waals surface area contributed by atoms with Crippen LogP contribution in [-0.2, 0) is 0 Å². The summed E-state index contributed by atoms with van der Waals surface area (Å²) in [6.45, 7) is 0. The van der Waals surface area contributed by atoms with Crippen LogP contribution in [0.2, 0.25) is 0 Å². The van der Waals surface area contributed by atoms with Crippen LogP contribution < -0.4 is 9.80 Å². The van der Waals surface area contributed by atoms with Crippen LogP contribution in [0.5, 0.6) is 0 Å². The molecule has 0 amide bonds. The molecule has 0 atom stereocenters. The third kappa shape index (κ3) is 16.5. The van der Waals surface area contributed by atoms with Gasteiger partial charge in [0, 0.05) is 34.1 Å². The van der Waals surface area contributed by atoms with Crippen molar-refractivity contribution < 1.29 is 0 Å². The third-order valence-electron chi connectivity index (χ3n) is 18.7. The molecule has 0 N–H and O–H groups in total.